The van der Waals surface area contributed by atoms with Gasteiger partial charge in [0.15, 0.2) is 5.13 Å². The van der Waals surface area contributed by atoms with Crippen LogP contribution in [0.4, 0.5) is 9.52 Å². The van der Waals surface area contributed by atoms with Crippen LogP contribution >= 0.6 is 27.3 Å². The molecule has 1 N–H and O–H groups in total. The fraction of sp³-hybridized carbons (Fsp3) is 0.250. The monoisotopic (exact) mass is 392 g/mol. The normalized spacial score (nSPS) is 19.7. The molecule has 23 heavy (non-hydrogen) atoms. The number of anilines is 1. The van der Waals surface area contributed by atoms with Crippen LogP contribution in [0.15, 0.2) is 47.3 Å². The number of hydrogen-bond donors (Lipinski definition) is 1. The smallest absolute Gasteiger partial charge is 0.183 e. The predicted octanol–water partition coefficient (Wildman–Crippen LogP) is 4.26. The number of benzene rings is 1. The maximum atomic E-state index is 13.3. The van der Waals surface area contributed by atoms with E-state index in [1.807, 2.05) is 23.1 Å². The van der Waals surface area contributed by atoms with Crippen molar-refractivity contribution in [3.05, 3.63) is 63.6 Å². The second kappa shape index (κ2) is 6.05. The van der Waals surface area contributed by atoms with Gasteiger partial charge in [0.25, 0.3) is 0 Å². The highest BCUT2D eigenvalue weighted by Crippen LogP contribution is 2.43. The standard InChI is InChI=1S/C16H14BrFN4S/c17-11-6-20-22(8-11)9-13-7-19-16(23-13)21-15-5-14(15)10-2-1-3-12(18)4-10/h1-4,6-8,14-15H,5,9H2,(H,19,21)/t14-,15+/m0/s1. The van der Waals surface area contributed by atoms with E-state index in [1.54, 1.807) is 29.7 Å². The van der Waals surface area contributed by atoms with Crippen molar-refractivity contribution < 1.29 is 4.39 Å². The van der Waals surface area contributed by atoms with Gasteiger partial charge < -0.3 is 5.32 Å². The van der Waals surface area contributed by atoms with Crippen LogP contribution < -0.4 is 5.32 Å². The number of halogens is 2. The fourth-order valence-corrected chi connectivity index (χ4v) is 3.84. The number of aromatic nitrogens is 3. The Kier molecular flexibility index (Phi) is 3.90. The van der Waals surface area contributed by atoms with Crippen LogP contribution in [0, 0.1) is 5.82 Å². The summed E-state index contributed by atoms with van der Waals surface area (Å²) in [5, 5.41) is 8.60. The highest BCUT2D eigenvalue weighted by molar-refractivity contribution is 9.10. The summed E-state index contributed by atoms with van der Waals surface area (Å²) in [4.78, 5) is 5.57. The number of nitrogens with one attached hydrogen (secondary N) is 1. The lowest BCUT2D eigenvalue weighted by molar-refractivity contribution is 0.625. The van der Waals surface area contributed by atoms with E-state index in [9.17, 15) is 4.39 Å². The molecule has 0 amide bonds. The van der Waals surface area contributed by atoms with Crippen molar-refractivity contribution in [1.82, 2.24) is 14.8 Å². The van der Waals surface area contributed by atoms with Gasteiger partial charge in [-0.1, -0.05) is 12.1 Å². The van der Waals surface area contributed by atoms with Crippen molar-refractivity contribution in [2.45, 2.75) is 24.9 Å². The third kappa shape index (κ3) is 3.45. The molecule has 1 aliphatic rings. The highest BCUT2D eigenvalue weighted by Gasteiger charge is 2.39. The third-order valence-electron chi connectivity index (χ3n) is 3.85. The molecular weight excluding hydrogens is 379 g/mol. The lowest BCUT2D eigenvalue weighted by Crippen LogP contribution is -2.03. The summed E-state index contributed by atoms with van der Waals surface area (Å²) in [6, 6.07) is 7.20. The van der Waals surface area contributed by atoms with Gasteiger partial charge in [-0.2, -0.15) is 5.10 Å². The molecule has 1 aliphatic carbocycles. The molecule has 7 heteroatoms. The summed E-state index contributed by atoms with van der Waals surface area (Å²) in [5.41, 5.74) is 1.06. The minimum Gasteiger partial charge on any atom is -0.358 e. The Morgan fingerprint density at radius 2 is 2.30 bits per heavy atom. The van der Waals surface area contributed by atoms with Gasteiger partial charge in [-0.25, -0.2) is 9.37 Å². The Balaban J connectivity index is 1.37. The fourth-order valence-electron chi connectivity index (χ4n) is 2.65. The SMILES string of the molecule is Fc1cccc([C@@H]2C[C@H]2Nc2ncc(Cn3cc(Br)cn3)s2)c1. The first-order valence-electron chi connectivity index (χ1n) is 7.32. The van der Waals surface area contributed by atoms with Crippen LogP contribution in [0.2, 0.25) is 0 Å². The van der Waals surface area contributed by atoms with E-state index in [2.05, 4.69) is 31.3 Å². The lowest BCUT2D eigenvalue weighted by atomic mass is 10.1. The summed E-state index contributed by atoms with van der Waals surface area (Å²) >= 11 is 5.02. The van der Waals surface area contributed by atoms with Gasteiger partial charge in [0.05, 0.1) is 17.2 Å². The molecule has 3 aromatic rings. The molecule has 1 aromatic carbocycles. The van der Waals surface area contributed by atoms with E-state index in [0.29, 0.717) is 18.5 Å². The van der Waals surface area contributed by atoms with E-state index >= 15 is 0 Å². The van der Waals surface area contributed by atoms with Crippen molar-refractivity contribution in [1.29, 1.82) is 0 Å². The van der Waals surface area contributed by atoms with Crippen molar-refractivity contribution in [2.24, 2.45) is 0 Å². The molecule has 4 rings (SSSR count). The molecule has 0 unspecified atom stereocenters. The van der Waals surface area contributed by atoms with Crippen molar-refractivity contribution in [3.63, 3.8) is 0 Å². The van der Waals surface area contributed by atoms with Crippen LogP contribution in [-0.2, 0) is 6.54 Å². The molecule has 0 saturated heterocycles. The molecule has 0 bridgehead atoms. The largest absolute Gasteiger partial charge is 0.358 e. The van der Waals surface area contributed by atoms with E-state index in [4.69, 9.17) is 0 Å². The average Bonchev–Trinajstić information content (AvgIpc) is 2.94. The molecule has 1 saturated carbocycles. The second-order valence-electron chi connectivity index (χ2n) is 5.64. The zero-order chi connectivity index (χ0) is 15.8. The first kappa shape index (κ1) is 14.8. The van der Waals surface area contributed by atoms with Gasteiger partial charge in [-0.15, -0.1) is 11.3 Å². The van der Waals surface area contributed by atoms with Gasteiger partial charge in [-0.3, -0.25) is 4.68 Å². The third-order valence-corrected chi connectivity index (χ3v) is 5.17. The molecule has 4 nitrogen and oxygen atoms in total. The van der Waals surface area contributed by atoms with Crippen molar-refractivity contribution in [2.75, 3.05) is 5.32 Å². The summed E-state index contributed by atoms with van der Waals surface area (Å²) in [6.07, 6.45) is 6.61. The van der Waals surface area contributed by atoms with E-state index in [1.165, 1.54) is 6.07 Å². The first-order valence-corrected chi connectivity index (χ1v) is 8.93. The Hall–Kier alpha value is -1.73. The molecule has 0 spiro atoms. The number of rotatable bonds is 5. The molecule has 0 radical (unpaired) electrons. The van der Waals surface area contributed by atoms with Gasteiger partial charge in [0.1, 0.15) is 5.82 Å². The molecule has 1 fully saturated rings. The van der Waals surface area contributed by atoms with Gasteiger partial charge in [0.2, 0.25) is 0 Å². The molecule has 2 heterocycles. The summed E-state index contributed by atoms with van der Waals surface area (Å²) < 4.78 is 16.1. The molecular formula is C16H14BrFN4S. The van der Waals surface area contributed by atoms with E-state index < -0.39 is 0 Å². The average molecular weight is 393 g/mol. The van der Waals surface area contributed by atoms with Gasteiger partial charge >= 0.3 is 0 Å². The van der Waals surface area contributed by atoms with Gasteiger partial charge in [0, 0.05) is 29.2 Å². The summed E-state index contributed by atoms with van der Waals surface area (Å²) in [7, 11) is 0. The van der Waals surface area contributed by atoms with Crippen LogP contribution in [0.1, 0.15) is 22.8 Å². The topological polar surface area (TPSA) is 42.7 Å². The highest BCUT2D eigenvalue weighted by atomic mass is 79.9. The van der Waals surface area contributed by atoms with Crippen LogP contribution in [0.5, 0.6) is 0 Å². The van der Waals surface area contributed by atoms with Crippen LogP contribution in [-0.4, -0.2) is 20.8 Å². The predicted molar refractivity (Wildman–Crippen MR) is 92.3 cm³/mol. The van der Waals surface area contributed by atoms with Crippen LogP contribution in [0.25, 0.3) is 0 Å². The minimum atomic E-state index is -0.171. The zero-order valence-electron chi connectivity index (χ0n) is 12.1. The Bertz CT molecular complexity index is 831. The lowest BCUT2D eigenvalue weighted by Gasteiger charge is -2.02. The maximum absolute atomic E-state index is 13.3. The Morgan fingerprint density at radius 3 is 3.09 bits per heavy atom. The summed E-state index contributed by atoms with van der Waals surface area (Å²) in [6.45, 7) is 0.711. The Labute approximate surface area is 145 Å². The molecule has 118 valence electrons. The van der Waals surface area contributed by atoms with E-state index in [0.717, 1.165) is 26.5 Å². The van der Waals surface area contributed by atoms with Gasteiger partial charge in [-0.05, 0) is 40.0 Å². The number of hydrogen-bond acceptors (Lipinski definition) is 4. The van der Waals surface area contributed by atoms with Crippen LogP contribution in [0.3, 0.4) is 0 Å². The number of thiazole rings is 1. The summed E-state index contributed by atoms with van der Waals surface area (Å²) in [5.74, 6) is 0.204. The quantitative estimate of drug-likeness (QED) is 0.705. The first-order chi connectivity index (χ1) is 11.2. The van der Waals surface area contributed by atoms with Crippen molar-refractivity contribution >= 4 is 32.4 Å². The Morgan fingerprint density at radius 1 is 1.39 bits per heavy atom. The zero-order valence-corrected chi connectivity index (χ0v) is 14.5. The molecule has 0 aliphatic heterocycles. The van der Waals surface area contributed by atoms with E-state index in [-0.39, 0.29) is 5.82 Å². The molecule has 2 atom stereocenters. The maximum Gasteiger partial charge on any atom is 0.183 e. The number of nitrogens with zero attached hydrogens (tertiary/aromatic N) is 3. The van der Waals surface area contributed by atoms with Crippen molar-refractivity contribution in [3.8, 4) is 0 Å². The molecule has 2 aromatic heterocycles. The second-order valence-corrected chi connectivity index (χ2v) is 7.67. The minimum absolute atomic E-state index is 0.171.